The second kappa shape index (κ2) is 8.92. The maximum absolute atomic E-state index is 12.7. The molecule has 0 amide bonds. The molecule has 168 valence electrons. The van der Waals surface area contributed by atoms with Crippen LogP contribution in [0.2, 0.25) is 0 Å². The summed E-state index contributed by atoms with van der Waals surface area (Å²) in [6.45, 7) is 1.90. The van der Waals surface area contributed by atoms with Crippen LogP contribution in [0, 0.1) is 6.92 Å². The molecular formula is C26H21N5O2S. The van der Waals surface area contributed by atoms with E-state index in [-0.39, 0.29) is 10.7 Å². The molecule has 0 saturated heterocycles. The highest BCUT2D eigenvalue weighted by Crippen LogP contribution is 2.23. The predicted octanol–water partition coefficient (Wildman–Crippen LogP) is 5.54. The van der Waals surface area contributed by atoms with Crippen molar-refractivity contribution < 1.29 is 8.42 Å². The number of benzene rings is 2. The minimum atomic E-state index is -3.75. The zero-order chi connectivity index (χ0) is 23.5. The Morgan fingerprint density at radius 2 is 1.35 bits per heavy atom. The van der Waals surface area contributed by atoms with Crippen LogP contribution >= 0.6 is 0 Å². The summed E-state index contributed by atoms with van der Waals surface area (Å²) in [7, 11) is -3.75. The number of aryl methyl sites for hydroxylation is 1. The summed E-state index contributed by atoms with van der Waals surface area (Å²) in [4.78, 5) is 13.6. The second-order valence-corrected chi connectivity index (χ2v) is 9.46. The predicted molar refractivity (Wildman–Crippen MR) is 134 cm³/mol. The van der Waals surface area contributed by atoms with Gasteiger partial charge in [-0.05, 0) is 61.0 Å². The minimum absolute atomic E-state index is 0.174. The summed E-state index contributed by atoms with van der Waals surface area (Å²) in [5.74, 6) is 1.39. The fraction of sp³-hybridized carbons (Fsp3) is 0.0385. The highest BCUT2D eigenvalue weighted by Gasteiger charge is 2.15. The first-order valence-electron chi connectivity index (χ1n) is 10.6. The quantitative estimate of drug-likeness (QED) is 0.340. The number of sulfonamides is 1. The Labute approximate surface area is 197 Å². The number of hydrogen-bond acceptors (Lipinski definition) is 6. The SMILES string of the molecule is Cc1ccc(S(=O)(=O)Nc2ccc3ccc(Nc4ccc(-c5ccccc5)cn4)nc3n2)cc1. The van der Waals surface area contributed by atoms with Crippen LogP contribution in [0.5, 0.6) is 0 Å². The number of fused-ring (bicyclic) bond motifs is 1. The van der Waals surface area contributed by atoms with E-state index in [0.717, 1.165) is 22.1 Å². The van der Waals surface area contributed by atoms with E-state index in [9.17, 15) is 8.42 Å². The van der Waals surface area contributed by atoms with E-state index >= 15 is 0 Å². The van der Waals surface area contributed by atoms with Gasteiger partial charge in [0, 0.05) is 17.1 Å². The zero-order valence-electron chi connectivity index (χ0n) is 18.3. The average Bonchev–Trinajstić information content (AvgIpc) is 2.85. The summed E-state index contributed by atoms with van der Waals surface area (Å²) in [5.41, 5.74) is 3.51. The van der Waals surface area contributed by atoms with E-state index in [1.165, 1.54) is 0 Å². The van der Waals surface area contributed by atoms with Gasteiger partial charge >= 0.3 is 0 Å². The molecule has 0 aliphatic carbocycles. The van der Waals surface area contributed by atoms with Gasteiger partial charge in [-0.1, -0.05) is 48.0 Å². The summed E-state index contributed by atoms with van der Waals surface area (Å²) in [5, 5.41) is 3.96. The van der Waals surface area contributed by atoms with E-state index in [1.54, 1.807) is 42.6 Å². The molecule has 0 atom stereocenters. The molecule has 0 saturated carbocycles. The van der Waals surface area contributed by atoms with Crippen molar-refractivity contribution in [2.45, 2.75) is 11.8 Å². The number of hydrogen-bond donors (Lipinski definition) is 2. The highest BCUT2D eigenvalue weighted by molar-refractivity contribution is 7.92. The molecule has 0 aliphatic heterocycles. The Morgan fingerprint density at radius 1 is 0.676 bits per heavy atom. The average molecular weight is 468 g/mol. The third-order valence-electron chi connectivity index (χ3n) is 5.25. The van der Waals surface area contributed by atoms with Crippen molar-refractivity contribution in [2.24, 2.45) is 0 Å². The normalized spacial score (nSPS) is 11.3. The highest BCUT2D eigenvalue weighted by atomic mass is 32.2. The molecule has 5 rings (SSSR count). The van der Waals surface area contributed by atoms with E-state index in [1.807, 2.05) is 61.5 Å². The minimum Gasteiger partial charge on any atom is -0.325 e. The molecule has 3 aromatic heterocycles. The Morgan fingerprint density at radius 3 is 2.06 bits per heavy atom. The summed E-state index contributed by atoms with van der Waals surface area (Å²) >= 11 is 0. The first-order valence-corrected chi connectivity index (χ1v) is 12.1. The van der Waals surface area contributed by atoms with Crippen LogP contribution in [0.25, 0.3) is 22.2 Å². The largest absolute Gasteiger partial charge is 0.325 e. The zero-order valence-corrected chi connectivity index (χ0v) is 19.1. The van der Waals surface area contributed by atoms with Gasteiger partial charge in [-0.3, -0.25) is 4.72 Å². The monoisotopic (exact) mass is 467 g/mol. The van der Waals surface area contributed by atoms with Crippen LogP contribution in [0.1, 0.15) is 5.56 Å². The maximum atomic E-state index is 12.7. The number of anilines is 3. The van der Waals surface area contributed by atoms with Gasteiger partial charge in [0.05, 0.1) is 4.90 Å². The van der Waals surface area contributed by atoms with E-state index < -0.39 is 10.0 Å². The van der Waals surface area contributed by atoms with Crippen molar-refractivity contribution >= 4 is 38.5 Å². The Hall–Kier alpha value is -4.30. The molecular weight excluding hydrogens is 446 g/mol. The second-order valence-electron chi connectivity index (χ2n) is 7.78. The van der Waals surface area contributed by atoms with Crippen molar-refractivity contribution in [3.05, 3.63) is 103 Å². The van der Waals surface area contributed by atoms with Gasteiger partial charge in [-0.25, -0.2) is 23.4 Å². The van der Waals surface area contributed by atoms with E-state index in [0.29, 0.717) is 17.3 Å². The molecule has 2 aromatic carbocycles. The van der Waals surface area contributed by atoms with Crippen molar-refractivity contribution in [2.75, 3.05) is 10.0 Å². The van der Waals surface area contributed by atoms with Gasteiger partial charge in [0.1, 0.15) is 17.5 Å². The molecule has 0 aliphatic rings. The third-order valence-corrected chi connectivity index (χ3v) is 6.62. The smallest absolute Gasteiger partial charge is 0.263 e. The van der Waals surface area contributed by atoms with Gasteiger partial charge < -0.3 is 5.32 Å². The standard InChI is InChI=1S/C26H21N5O2S/c1-18-7-12-22(13-8-18)34(32,33)31-25-16-10-20-9-15-24(29-26(20)30-25)28-23-14-11-21(17-27-23)19-5-3-2-4-6-19/h2-17H,1H3,(H2,27,28,29,30,31). The summed E-state index contributed by atoms with van der Waals surface area (Å²) in [6, 6.07) is 27.6. The topological polar surface area (TPSA) is 96.9 Å². The molecule has 0 fully saturated rings. The van der Waals surface area contributed by atoms with Crippen molar-refractivity contribution in [3.8, 4) is 11.1 Å². The molecule has 34 heavy (non-hydrogen) atoms. The number of pyridine rings is 3. The first kappa shape index (κ1) is 21.5. The van der Waals surface area contributed by atoms with Crippen LogP contribution < -0.4 is 10.0 Å². The Kier molecular flexibility index (Phi) is 5.65. The molecule has 0 bridgehead atoms. The molecule has 0 radical (unpaired) electrons. The summed E-state index contributed by atoms with van der Waals surface area (Å²) < 4.78 is 27.9. The van der Waals surface area contributed by atoms with Gasteiger partial charge in [0.2, 0.25) is 0 Å². The lowest BCUT2D eigenvalue weighted by atomic mass is 10.1. The van der Waals surface area contributed by atoms with Gasteiger partial charge in [0.25, 0.3) is 10.0 Å². The maximum Gasteiger partial charge on any atom is 0.263 e. The molecule has 8 heteroatoms. The Balaban J connectivity index is 1.36. The molecule has 3 heterocycles. The van der Waals surface area contributed by atoms with Crippen LogP contribution in [0.15, 0.2) is 102 Å². The van der Waals surface area contributed by atoms with Crippen molar-refractivity contribution in [1.29, 1.82) is 0 Å². The number of nitrogens with zero attached hydrogens (tertiary/aromatic N) is 3. The fourth-order valence-electron chi connectivity index (χ4n) is 3.44. The van der Waals surface area contributed by atoms with Crippen molar-refractivity contribution in [1.82, 2.24) is 15.0 Å². The van der Waals surface area contributed by atoms with Crippen LogP contribution in [-0.2, 0) is 10.0 Å². The van der Waals surface area contributed by atoms with Crippen LogP contribution in [0.4, 0.5) is 17.5 Å². The molecule has 0 spiro atoms. The molecule has 2 N–H and O–H groups in total. The van der Waals surface area contributed by atoms with Crippen molar-refractivity contribution in [3.63, 3.8) is 0 Å². The van der Waals surface area contributed by atoms with Gasteiger partial charge in [0.15, 0.2) is 5.65 Å². The third kappa shape index (κ3) is 4.72. The van der Waals surface area contributed by atoms with Gasteiger partial charge in [-0.2, -0.15) is 0 Å². The fourth-order valence-corrected chi connectivity index (χ4v) is 4.44. The molecule has 7 nitrogen and oxygen atoms in total. The lowest BCUT2D eigenvalue weighted by Gasteiger charge is -2.10. The van der Waals surface area contributed by atoms with Crippen LogP contribution in [0.3, 0.4) is 0 Å². The lowest BCUT2D eigenvalue weighted by Crippen LogP contribution is -2.14. The number of rotatable bonds is 6. The number of aromatic nitrogens is 3. The number of nitrogens with one attached hydrogen (secondary N) is 2. The van der Waals surface area contributed by atoms with Crippen LogP contribution in [-0.4, -0.2) is 23.4 Å². The van der Waals surface area contributed by atoms with Gasteiger partial charge in [-0.15, -0.1) is 0 Å². The summed E-state index contributed by atoms with van der Waals surface area (Å²) in [6.07, 6.45) is 1.80. The lowest BCUT2D eigenvalue weighted by molar-refractivity contribution is 0.601. The van der Waals surface area contributed by atoms with E-state index in [2.05, 4.69) is 25.0 Å². The Bertz CT molecular complexity index is 1550. The van der Waals surface area contributed by atoms with E-state index in [4.69, 9.17) is 0 Å². The molecule has 5 aromatic rings. The molecule has 0 unspecified atom stereocenters. The first-order chi connectivity index (χ1) is 16.5.